The van der Waals surface area contributed by atoms with Gasteiger partial charge in [-0.05, 0) is 71.6 Å². The van der Waals surface area contributed by atoms with Crippen LogP contribution in [0.1, 0.15) is 100 Å². The largest absolute Gasteiger partial charge is 0.477 e. The van der Waals surface area contributed by atoms with Gasteiger partial charge in [0.2, 0.25) is 11.8 Å². The number of nitrogens with zero attached hydrogens (tertiary/aromatic N) is 2. The number of methoxy groups -OCH3 is 1. The number of aromatic carboxylic acids is 1. The second-order valence-electron chi connectivity index (χ2n) is 12.4. The van der Waals surface area contributed by atoms with Crippen LogP contribution in [0.2, 0.25) is 0 Å². The van der Waals surface area contributed by atoms with E-state index in [1.165, 1.54) is 33.1 Å². The van der Waals surface area contributed by atoms with Gasteiger partial charge in [-0.2, -0.15) is 26.3 Å². The summed E-state index contributed by atoms with van der Waals surface area (Å²) in [5.41, 5.74) is -0.449. The van der Waals surface area contributed by atoms with E-state index in [-0.39, 0.29) is 50.2 Å². The van der Waals surface area contributed by atoms with Gasteiger partial charge in [-0.3, -0.25) is 9.59 Å². The van der Waals surface area contributed by atoms with Crippen LogP contribution in [-0.4, -0.2) is 71.9 Å². The van der Waals surface area contributed by atoms with Crippen molar-refractivity contribution in [3.8, 4) is 0 Å². The van der Waals surface area contributed by atoms with Crippen LogP contribution in [0.5, 0.6) is 0 Å². The molecule has 0 saturated carbocycles. The summed E-state index contributed by atoms with van der Waals surface area (Å²) in [6, 6.07) is 7.87. The Balaban J connectivity index is 0.000000228. The van der Waals surface area contributed by atoms with Gasteiger partial charge in [0.05, 0.1) is 18.2 Å². The fourth-order valence-electron chi connectivity index (χ4n) is 6.90. The minimum atomic E-state index is -4.53. The lowest BCUT2D eigenvalue weighted by Gasteiger charge is -2.31. The molecule has 4 aromatic rings. The van der Waals surface area contributed by atoms with Gasteiger partial charge >= 0.3 is 24.3 Å². The van der Waals surface area contributed by atoms with E-state index in [1.54, 1.807) is 21.9 Å². The first kappa shape index (κ1) is 40.6. The van der Waals surface area contributed by atoms with Crippen molar-refractivity contribution >= 4 is 66.6 Å². The number of carbonyl (C=O) groups excluding carboxylic acids is 3. The number of piperidine rings is 2. The number of likely N-dealkylation sites (tertiary alicyclic amines) is 2. The van der Waals surface area contributed by atoms with Crippen molar-refractivity contribution in [2.75, 3.05) is 33.3 Å². The molecule has 2 aliphatic rings. The molecule has 0 aliphatic carbocycles. The molecule has 2 saturated heterocycles. The number of hydrogen-bond acceptors (Lipinski definition) is 7. The highest BCUT2D eigenvalue weighted by Gasteiger charge is 2.38. The molecule has 2 aromatic heterocycles. The highest BCUT2D eigenvalue weighted by molar-refractivity contribution is 7.21. The van der Waals surface area contributed by atoms with Crippen molar-refractivity contribution in [3.05, 3.63) is 68.4 Å². The number of fused-ring (bicyclic) bond motifs is 2. The fraction of sp³-hybridized carbons (Fsp3) is 0.444. The molecule has 2 amide bonds. The average molecular weight is 773 g/mol. The molecular formula is C36H38F6N2O6S2. The minimum Gasteiger partial charge on any atom is -0.477 e. The van der Waals surface area contributed by atoms with Gasteiger partial charge in [0.15, 0.2) is 0 Å². The van der Waals surface area contributed by atoms with Gasteiger partial charge < -0.3 is 19.6 Å². The molecule has 8 nitrogen and oxygen atoms in total. The predicted molar refractivity (Wildman–Crippen MR) is 187 cm³/mol. The highest BCUT2D eigenvalue weighted by atomic mass is 32.1. The summed E-state index contributed by atoms with van der Waals surface area (Å²) < 4.78 is 84.7. The summed E-state index contributed by atoms with van der Waals surface area (Å²) in [6.45, 7) is 4.98. The van der Waals surface area contributed by atoms with Crippen molar-refractivity contribution in [2.45, 2.75) is 71.1 Å². The average Bonchev–Trinajstić information content (AvgIpc) is 3.67. The molecule has 6 rings (SSSR count). The van der Waals surface area contributed by atoms with Crippen molar-refractivity contribution in [3.63, 3.8) is 0 Å². The molecule has 2 fully saturated rings. The van der Waals surface area contributed by atoms with Crippen molar-refractivity contribution < 1.29 is 55.4 Å². The first-order valence-corrected chi connectivity index (χ1v) is 17.6. The Bertz CT molecular complexity index is 1970. The van der Waals surface area contributed by atoms with Crippen LogP contribution < -0.4 is 0 Å². The van der Waals surface area contributed by atoms with E-state index in [1.807, 2.05) is 0 Å². The maximum absolute atomic E-state index is 13.4. The first-order chi connectivity index (χ1) is 23.9. The summed E-state index contributed by atoms with van der Waals surface area (Å²) in [6.07, 6.45) is -6.73. The first-order valence-electron chi connectivity index (χ1n) is 16.0. The third-order valence-corrected chi connectivity index (χ3v) is 11.9. The van der Waals surface area contributed by atoms with Gasteiger partial charge in [-0.1, -0.05) is 31.7 Å². The smallest absolute Gasteiger partial charge is 0.417 e. The van der Waals surface area contributed by atoms with Crippen LogP contribution in [0, 0.1) is 0 Å². The zero-order valence-corrected chi connectivity index (χ0v) is 29.4. The Morgan fingerprint density at radius 3 is 1.38 bits per heavy atom. The fourth-order valence-corrected chi connectivity index (χ4v) is 9.50. The lowest BCUT2D eigenvalue weighted by atomic mass is 9.87. The second-order valence-corrected chi connectivity index (χ2v) is 14.4. The van der Waals surface area contributed by atoms with Crippen molar-refractivity contribution in [1.82, 2.24) is 9.80 Å². The second kappa shape index (κ2) is 15.8. The molecule has 0 spiro atoms. The zero-order chi connectivity index (χ0) is 37.4. The maximum Gasteiger partial charge on any atom is 0.417 e. The van der Waals surface area contributed by atoms with Gasteiger partial charge in [-0.25, -0.2) is 9.59 Å². The summed E-state index contributed by atoms with van der Waals surface area (Å²) in [4.78, 5) is 50.4. The summed E-state index contributed by atoms with van der Waals surface area (Å²) in [5.74, 6) is -2.16. The number of alkyl halides is 6. The zero-order valence-electron chi connectivity index (χ0n) is 27.7. The topological polar surface area (TPSA) is 104 Å². The molecule has 16 heteroatoms. The number of rotatable bonds is 4. The molecule has 0 unspecified atom stereocenters. The van der Waals surface area contributed by atoms with Gasteiger partial charge in [0.1, 0.15) is 9.75 Å². The lowest BCUT2D eigenvalue weighted by Crippen LogP contribution is -2.36. The van der Waals surface area contributed by atoms with Gasteiger partial charge in [-0.15, -0.1) is 22.7 Å². The number of carboxylic acid groups (broad SMARTS) is 1. The summed E-state index contributed by atoms with van der Waals surface area (Å²) in [7, 11) is 1.22. The van der Waals surface area contributed by atoms with E-state index in [4.69, 9.17) is 4.74 Å². The van der Waals surface area contributed by atoms with E-state index in [2.05, 4.69) is 0 Å². The van der Waals surface area contributed by atoms with E-state index in [0.717, 1.165) is 23.5 Å². The number of hydrogen-bond donors (Lipinski definition) is 1. The van der Waals surface area contributed by atoms with Crippen molar-refractivity contribution in [2.24, 2.45) is 0 Å². The lowest BCUT2D eigenvalue weighted by molar-refractivity contribution is -0.137. The van der Waals surface area contributed by atoms with Gasteiger partial charge in [0.25, 0.3) is 0 Å². The van der Waals surface area contributed by atoms with E-state index >= 15 is 0 Å². The number of carboxylic acids is 1. The highest BCUT2D eigenvalue weighted by Crippen LogP contribution is 2.47. The molecular weight excluding hydrogens is 735 g/mol. The number of thiophene rings is 2. The number of ether oxygens (including phenoxy) is 1. The third-order valence-electron chi connectivity index (χ3n) is 9.38. The Kier molecular flexibility index (Phi) is 12.4. The van der Waals surface area contributed by atoms with Gasteiger partial charge in [0, 0.05) is 49.4 Å². The van der Waals surface area contributed by atoms with Crippen molar-refractivity contribution in [1.29, 1.82) is 0 Å². The monoisotopic (exact) mass is 772 g/mol. The van der Waals surface area contributed by atoms with Crippen LogP contribution in [-0.2, 0) is 26.7 Å². The Labute approximate surface area is 303 Å². The number of carbonyl (C=O) groups is 4. The molecule has 0 bridgehead atoms. The van der Waals surface area contributed by atoms with Crippen LogP contribution in [0.3, 0.4) is 0 Å². The molecule has 0 radical (unpaired) electrons. The number of halogens is 6. The molecule has 0 atom stereocenters. The molecule has 2 aromatic carbocycles. The molecule has 2 aliphatic heterocycles. The number of amides is 2. The normalized spacial score (nSPS) is 15.9. The van der Waals surface area contributed by atoms with Crippen LogP contribution >= 0.6 is 22.7 Å². The van der Waals surface area contributed by atoms with Crippen LogP contribution in [0.4, 0.5) is 26.3 Å². The number of esters is 1. The number of benzene rings is 2. The summed E-state index contributed by atoms with van der Waals surface area (Å²) >= 11 is 1.52. The van der Waals surface area contributed by atoms with E-state index in [9.17, 15) is 50.6 Å². The third kappa shape index (κ3) is 8.22. The maximum atomic E-state index is 13.4. The Morgan fingerprint density at radius 1 is 0.692 bits per heavy atom. The Morgan fingerprint density at radius 2 is 1.06 bits per heavy atom. The molecule has 4 heterocycles. The molecule has 282 valence electrons. The van der Waals surface area contributed by atoms with E-state index in [0.29, 0.717) is 85.1 Å². The Hall–Kier alpha value is -4.18. The summed E-state index contributed by atoms with van der Waals surface area (Å²) in [5, 5.41) is 10.3. The SMILES string of the molecule is C.CC(=O)N1CCC(c2c(C(=O)O)sc3c(C(F)(F)F)cccc23)CC1.COC(=O)c1sc2c(C(F)(F)F)cccc2c1C1CCN(C(C)=O)CC1. The quantitative estimate of drug-likeness (QED) is 0.164. The molecule has 52 heavy (non-hydrogen) atoms. The predicted octanol–water partition coefficient (Wildman–Crippen LogP) is 9.41. The van der Waals surface area contributed by atoms with E-state index < -0.39 is 35.4 Å². The molecule has 1 N–H and O–H groups in total. The standard InChI is InChI=1S/C18H18F3NO3S.C17H16F3NO3S.CH4/c1-10(23)22-8-6-11(7-9-22)14-12-4-3-5-13(18(19,20)21)15(12)26-16(14)17(24)25-2;1-9(22)21-7-5-10(6-8-21)13-11-3-2-4-12(17(18,19)20)14(11)25-15(13)16(23)24;/h3-5,11H,6-9H2,1-2H3;2-4,10H,5-8H2,1H3,(H,23,24);1H4. The minimum absolute atomic E-state index is 0. The van der Waals surface area contributed by atoms with Crippen LogP contribution in [0.25, 0.3) is 20.2 Å². The van der Waals surface area contributed by atoms with Crippen LogP contribution in [0.15, 0.2) is 36.4 Å².